The largest absolute Gasteiger partial charge is 0.497 e. The van der Waals surface area contributed by atoms with Gasteiger partial charge in [-0.15, -0.1) is 0 Å². The van der Waals surface area contributed by atoms with Crippen molar-refractivity contribution in [3.8, 4) is 23.0 Å². The number of rotatable bonds is 11. The van der Waals surface area contributed by atoms with Crippen LogP contribution in [-0.2, 0) is 14.3 Å². The van der Waals surface area contributed by atoms with Crippen LogP contribution in [0.1, 0.15) is 31.0 Å². The van der Waals surface area contributed by atoms with Crippen molar-refractivity contribution in [2.45, 2.75) is 19.9 Å². The fourth-order valence-electron chi connectivity index (χ4n) is 4.47. The Bertz CT molecular complexity index is 1600. The van der Waals surface area contributed by atoms with Crippen LogP contribution in [0.4, 0.5) is 0 Å². The molecule has 40 heavy (non-hydrogen) atoms. The smallest absolute Gasteiger partial charge is 0.338 e. The second-order valence-corrected chi connectivity index (χ2v) is 9.64. The number of fused-ring (bicyclic) bond motifs is 1. The highest BCUT2D eigenvalue weighted by Gasteiger charge is 2.36. The fourth-order valence-corrected chi connectivity index (χ4v) is 5.51. The number of thiazole rings is 1. The molecule has 2 heterocycles. The van der Waals surface area contributed by atoms with E-state index in [4.69, 9.17) is 28.4 Å². The number of hydrogen-bond acceptors (Lipinski definition) is 10. The molecular weight excluding hydrogens is 536 g/mol. The first-order chi connectivity index (χ1) is 19.4. The number of carbonyl (C=O) groups is 1. The van der Waals surface area contributed by atoms with E-state index in [1.807, 2.05) is 13.0 Å². The Kier molecular flexibility index (Phi) is 9.28. The molecule has 1 aromatic heterocycles. The van der Waals surface area contributed by atoms with Gasteiger partial charge < -0.3 is 28.4 Å². The van der Waals surface area contributed by atoms with Crippen LogP contribution in [0.3, 0.4) is 0 Å². The third-order valence-electron chi connectivity index (χ3n) is 6.30. The molecule has 212 valence electrons. The van der Waals surface area contributed by atoms with Crippen LogP contribution in [-0.4, -0.2) is 58.8 Å². The lowest BCUT2D eigenvalue weighted by molar-refractivity contribution is -0.140. The van der Waals surface area contributed by atoms with E-state index in [-0.39, 0.29) is 24.3 Å². The molecule has 1 aliphatic heterocycles. The quantitative estimate of drug-likeness (QED) is 0.257. The van der Waals surface area contributed by atoms with Crippen molar-refractivity contribution in [3.63, 3.8) is 0 Å². The number of aromatic nitrogens is 1. The Morgan fingerprint density at radius 2 is 1.82 bits per heavy atom. The van der Waals surface area contributed by atoms with Crippen molar-refractivity contribution in [1.29, 1.82) is 0 Å². The summed E-state index contributed by atoms with van der Waals surface area (Å²) >= 11 is 1.21. The number of nitrogens with zero attached hydrogens (tertiary/aromatic N) is 2. The van der Waals surface area contributed by atoms with Gasteiger partial charge >= 0.3 is 5.97 Å². The SMILES string of the molecule is CCOc1c(OC)cccc1[C@H]1C(C(=O)OCCOC)=C(C)N=c2s/c(=C/c3cc(OC)ccc3OC)c(=O)n21. The van der Waals surface area contributed by atoms with Gasteiger partial charge in [0.25, 0.3) is 5.56 Å². The zero-order valence-electron chi connectivity index (χ0n) is 23.3. The predicted molar refractivity (Wildman–Crippen MR) is 150 cm³/mol. The summed E-state index contributed by atoms with van der Waals surface area (Å²) in [4.78, 5) is 32.6. The van der Waals surface area contributed by atoms with Crippen LogP contribution in [0, 0.1) is 0 Å². The van der Waals surface area contributed by atoms with Crippen molar-refractivity contribution in [2.75, 3.05) is 48.3 Å². The van der Waals surface area contributed by atoms with E-state index in [1.54, 1.807) is 57.6 Å². The van der Waals surface area contributed by atoms with Crippen LogP contribution in [0.5, 0.6) is 23.0 Å². The van der Waals surface area contributed by atoms with E-state index < -0.39 is 12.0 Å². The minimum atomic E-state index is -0.878. The van der Waals surface area contributed by atoms with Gasteiger partial charge in [-0.25, -0.2) is 9.79 Å². The van der Waals surface area contributed by atoms with Gasteiger partial charge in [0.05, 0.1) is 50.3 Å². The lowest BCUT2D eigenvalue weighted by Gasteiger charge is -2.27. The molecule has 2 aromatic carbocycles. The number of esters is 1. The summed E-state index contributed by atoms with van der Waals surface area (Å²) in [6.07, 6.45) is 1.73. The average Bonchev–Trinajstić information content (AvgIpc) is 3.26. The zero-order valence-corrected chi connectivity index (χ0v) is 24.1. The summed E-state index contributed by atoms with van der Waals surface area (Å²) in [6.45, 7) is 4.21. The summed E-state index contributed by atoms with van der Waals surface area (Å²) in [5.41, 5.74) is 1.56. The van der Waals surface area contributed by atoms with Crippen LogP contribution in [0.25, 0.3) is 6.08 Å². The third kappa shape index (κ3) is 5.61. The highest BCUT2D eigenvalue weighted by Crippen LogP contribution is 2.40. The number of methoxy groups -OCH3 is 4. The maximum atomic E-state index is 14.1. The van der Waals surface area contributed by atoms with E-state index in [9.17, 15) is 9.59 Å². The Hall–Kier alpha value is -4.09. The predicted octanol–water partition coefficient (Wildman–Crippen LogP) is 2.85. The molecule has 0 N–H and O–H groups in total. The number of ether oxygens (including phenoxy) is 6. The lowest BCUT2D eigenvalue weighted by Crippen LogP contribution is -2.40. The highest BCUT2D eigenvalue weighted by molar-refractivity contribution is 7.07. The summed E-state index contributed by atoms with van der Waals surface area (Å²) in [7, 11) is 6.19. The molecule has 1 aliphatic rings. The molecule has 0 bridgehead atoms. The second kappa shape index (κ2) is 12.8. The van der Waals surface area contributed by atoms with Crippen molar-refractivity contribution < 1.29 is 33.2 Å². The number of hydrogen-bond donors (Lipinski definition) is 0. The van der Waals surface area contributed by atoms with Gasteiger partial charge in [-0.2, -0.15) is 0 Å². The molecule has 0 spiro atoms. The monoisotopic (exact) mass is 568 g/mol. The van der Waals surface area contributed by atoms with Crippen molar-refractivity contribution >= 4 is 23.4 Å². The molecule has 0 amide bonds. The Labute approximate surface area is 235 Å². The van der Waals surface area contributed by atoms with Gasteiger partial charge in [-0.1, -0.05) is 23.5 Å². The molecule has 0 saturated heterocycles. The second-order valence-electron chi connectivity index (χ2n) is 8.63. The highest BCUT2D eigenvalue weighted by atomic mass is 32.1. The molecule has 3 aromatic rings. The fraction of sp³-hybridized carbons (Fsp3) is 0.345. The molecule has 0 unspecified atom stereocenters. The van der Waals surface area contributed by atoms with Gasteiger partial charge in [0, 0.05) is 18.2 Å². The molecule has 0 fully saturated rings. The molecule has 0 aliphatic carbocycles. The number of carbonyl (C=O) groups excluding carboxylic acids is 1. The first-order valence-corrected chi connectivity index (χ1v) is 13.4. The Balaban J connectivity index is 1.99. The maximum Gasteiger partial charge on any atom is 0.338 e. The summed E-state index contributed by atoms with van der Waals surface area (Å²) in [5.74, 6) is 1.50. The van der Waals surface area contributed by atoms with E-state index in [0.717, 1.165) is 0 Å². The maximum absolute atomic E-state index is 14.1. The van der Waals surface area contributed by atoms with E-state index in [0.29, 0.717) is 55.8 Å². The lowest BCUT2D eigenvalue weighted by atomic mass is 9.94. The normalized spacial score (nSPS) is 14.8. The molecule has 0 saturated carbocycles. The first-order valence-electron chi connectivity index (χ1n) is 12.6. The summed E-state index contributed by atoms with van der Waals surface area (Å²) in [5, 5.41) is 0. The molecule has 10 nitrogen and oxygen atoms in total. The minimum Gasteiger partial charge on any atom is -0.497 e. The standard InChI is InChI=1S/C29H32N2O8S/c1-7-38-26-20(9-8-10-22(26)37-6)25-24(28(33)39-14-13-34-3)17(2)30-29-31(25)27(32)23(40-29)16-18-15-19(35-4)11-12-21(18)36-5/h8-12,15-16,25H,7,13-14H2,1-6H3/b23-16+/t25-/m0/s1. The number of benzene rings is 2. The van der Waals surface area contributed by atoms with Gasteiger partial charge in [0.15, 0.2) is 16.3 Å². The number of allylic oxidation sites excluding steroid dienone is 1. The minimum absolute atomic E-state index is 0.0509. The van der Waals surface area contributed by atoms with Crippen molar-refractivity contribution in [1.82, 2.24) is 4.57 Å². The van der Waals surface area contributed by atoms with Gasteiger partial charge in [0.1, 0.15) is 24.1 Å². The molecule has 1 atom stereocenters. The molecular formula is C29H32N2O8S. The number of para-hydroxylation sites is 1. The van der Waals surface area contributed by atoms with Crippen molar-refractivity contribution in [3.05, 3.63) is 78.5 Å². The van der Waals surface area contributed by atoms with Crippen LogP contribution in [0.2, 0.25) is 0 Å². The van der Waals surface area contributed by atoms with Crippen LogP contribution in [0.15, 0.2) is 57.5 Å². The van der Waals surface area contributed by atoms with Gasteiger partial charge in [0.2, 0.25) is 0 Å². The van der Waals surface area contributed by atoms with E-state index in [1.165, 1.54) is 30.1 Å². The van der Waals surface area contributed by atoms with Crippen LogP contribution < -0.4 is 33.8 Å². The summed E-state index contributed by atoms with van der Waals surface area (Å²) < 4.78 is 34.9. The molecule has 4 rings (SSSR count). The first kappa shape index (κ1) is 28.9. The Morgan fingerprint density at radius 3 is 2.50 bits per heavy atom. The van der Waals surface area contributed by atoms with E-state index in [2.05, 4.69) is 4.99 Å². The topological polar surface area (TPSA) is 107 Å². The van der Waals surface area contributed by atoms with E-state index >= 15 is 0 Å². The third-order valence-corrected chi connectivity index (χ3v) is 7.28. The Morgan fingerprint density at radius 1 is 1.05 bits per heavy atom. The van der Waals surface area contributed by atoms with Crippen LogP contribution >= 0.6 is 11.3 Å². The molecule has 0 radical (unpaired) electrons. The summed E-state index contributed by atoms with van der Waals surface area (Å²) in [6, 6.07) is 9.82. The van der Waals surface area contributed by atoms with Gasteiger partial charge in [-0.3, -0.25) is 9.36 Å². The van der Waals surface area contributed by atoms with Crippen molar-refractivity contribution in [2.24, 2.45) is 4.99 Å². The average molecular weight is 569 g/mol. The van der Waals surface area contributed by atoms with Gasteiger partial charge in [-0.05, 0) is 44.2 Å². The molecule has 11 heteroatoms. The zero-order chi connectivity index (χ0) is 28.8.